The van der Waals surface area contributed by atoms with Gasteiger partial charge in [-0.25, -0.2) is 23.8 Å². The predicted molar refractivity (Wildman–Crippen MR) is 82.9 cm³/mol. The number of hydrogen-bond acceptors (Lipinski definition) is 4. The number of carbonyl (C=O) groups is 1. The molecule has 0 atom stereocenters. The van der Waals surface area contributed by atoms with Crippen LogP contribution >= 0.6 is 0 Å². The van der Waals surface area contributed by atoms with E-state index in [0.717, 1.165) is 0 Å². The normalized spacial score (nSPS) is 10.3. The highest BCUT2D eigenvalue weighted by molar-refractivity contribution is 5.99. The molecule has 0 unspecified atom stereocenters. The number of benzene rings is 1. The number of amides is 2. The summed E-state index contributed by atoms with van der Waals surface area (Å²) in [5.41, 5.74) is 0.863. The van der Waals surface area contributed by atoms with E-state index in [4.69, 9.17) is 0 Å². The van der Waals surface area contributed by atoms with Crippen LogP contribution in [0.4, 0.5) is 20.7 Å². The summed E-state index contributed by atoms with van der Waals surface area (Å²) in [6.45, 7) is 1.65. The number of rotatable bonds is 3. The lowest BCUT2D eigenvalue weighted by Crippen LogP contribution is -2.20. The fourth-order valence-corrected chi connectivity index (χ4v) is 1.89. The summed E-state index contributed by atoms with van der Waals surface area (Å²) in [7, 11) is 0. The molecule has 2 amide bonds. The minimum Gasteiger partial charge on any atom is -0.308 e. The van der Waals surface area contributed by atoms with E-state index in [1.165, 1.54) is 12.4 Å². The Bertz CT molecular complexity index is 834. The smallest absolute Gasteiger partial charge is 0.308 e. The SMILES string of the molecule is Cc1ccc(NC(=O)Nc2cc(-n3cccn3)ncn2)cc1F. The summed E-state index contributed by atoms with van der Waals surface area (Å²) in [5, 5.41) is 9.15. The van der Waals surface area contributed by atoms with Gasteiger partial charge in [-0.05, 0) is 30.7 Å². The molecule has 0 bridgehead atoms. The van der Waals surface area contributed by atoms with Gasteiger partial charge < -0.3 is 5.32 Å². The van der Waals surface area contributed by atoms with E-state index in [-0.39, 0.29) is 5.82 Å². The molecule has 0 fully saturated rings. The van der Waals surface area contributed by atoms with Gasteiger partial charge in [-0.3, -0.25) is 5.32 Å². The molecule has 2 aromatic heterocycles. The van der Waals surface area contributed by atoms with Crippen LogP contribution in [0.15, 0.2) is 49.1 Å². The summed E-state index contributed by atoms with van der Waals surface area (Å²) in [5.74, 6) is 0.433. The van der Waals surface area contributed by atoms with E-state index in [1.807, 2.05) is 0 Å². The summed E-state index contributed by atoms with van der Waals surface area (Å²) in [6, 6.07) is 7.26. The molecule has 7 nitrogen and oxygen atoms in total. The van der Waals surface area contributed by atoms with Gasteiger partial charge in [-0.15, -0.1) is 0 Å². The van der Waals surface area contributed by atoms with Gasteiger partial charge in [0, 0.05) is 24.1 Å². The standard InChI is InChI=1S/C15H13FN6O/c1-10-3-4-11(7-12(10)16)20-15(23)21-13-8-14(18-9-17-13)22-6-2-5-19-22/h2-9H,1H3,(H2,17,18,20,21,23). The average molecular weight is 312 g/mol. The largest absolute Gasteiger partial charge is 0.324 e. The van der Waals surface area contributed by atoms with Gasteiger partial charge in [-0.2, -0.15) is 5.10 Å². The maximum Gasteiger partial charge on any atom is 0.324 e. The van der Waals surface area contributed by atoms with E-state index < -0.39 is 6.03 Å². The van der Waals surface area contributed by atoms with E-state index >= 15 is 0 Å². The van der Waals surface area contributed by atoms with Crippen molar-refractivity contribution in [3.63, 3.8) is 0 Å². The van der Waals surface area contributed by atoms with Gasteiger partial charge >= 0.3 is 6.03 Å². The van der Waals surface area contributed by atoms with E-state index in [0.29, 0.717) is 22.9 Å². The fourth-order valence-electron chi connectivity index (χ4n) is 1.89. The van der Waals surface area contributed by atoms with Crippen LogP contribution in [-0.2, 0) is 0 Å². The third-order valence-electron chi connectivity index (χ3n) is 3.06. The van der Waals surface area contributed by atoms with Crippen molar-refractivity contribution in [3.05, 3.63) is 60.4 Å². The summed E-state index contributed by atoms with van der Waals surface area (Å²) < 4.78 is 15.0. The number of aromatic nitrogens is 4. The molecule has 3 aromatic rings. The first-order valence-corrected chi connectivity index (χ1v) is 6.78. The van der Waals surface area contributed by atoms with Gasteiger partial charge in [0.15, 0.2) is 5.82 Å². The van der Waals surface area contributed by atoms with Crippen LogP contribution in [0.1, 0.15) is 5.56 Å². The van der Waals surface area contributed by atoms with Crippen LogP contribution in [0.25, 0.3) is 5.82 Å². The molecular weight excluding hydrogens is 299 g/mol. The molecule has 0 aliphatic rings. The molecule has 0 aliphatic heterocycles. The molecule has 8 heteroatoms. The van der Waals surface area contributed by atoms with Crippen molar-refractivity contribution in [1.82, 2.24) is 19.7 Å². The van der Waals surface area contributed by atoms with Crippen molar-refractivity contribution >= 4 is 17.5 Å². The second-order valence-electron chi connectivity index (χ2n) is 4.76. The lowest BCUT2D eigenvalue weighted by molar-refractivity contribution is 0.262. The molecule has 0 aliphatic carbocycles. The van der Waals surface area contributed by atoms with Crippen LogP contribution < -0.4 is 10.6 Å². The van der Waals surface area contributed by atoms with Crippen LogP contribution in [0.3, 0.4) is 0 Å². The number of nitrogens with one attached hydrogen (secondary N) is 2. The quantitative estimate of drug-likeness (QED) is 0.779. The van der Waals surface area contributed by atoms with Crippen LogP contribution in [-0.4, -0.2) is 25.8 Å². The molecule has 0 spiro atoms. The number of urea groups is 1. The number of aryl methyl sites for hydroxylation is 1. The lowest BCUT2D eigenvalue weighted by atomic mass is 10.2. The topological polar surface area (TPSA) is 84.7 Å². The van der Waals surface area contributed by atoms with Crippen LogP contribution in [0.2, 0.25) is 0 Å². The van der Waals surface area contributed by atoms with Gasteiger partial charge in [0.1, 0.15) is 18.0 Å². The van der Waals surface area contributed by atoms with Gasteiger partial charge in [-0.1, -0.05) is 6.07 Å². The Morgan fingerprint density at radius 2 is 2.09 bits per heavy atom. The molecule has 2 heterocycles. The summed E-state index contributed by atoms with van der Waals surface area (Å²) >= 11 is 0. The first-order chi connectivity index (χ1) is 11.1. The second-order valence-corrected chi connectivity index (χ2v) is 4.76. The number of hydrogen-bond donors (Lipinski definition) is 2. The Morgan fingerprint density at radius 3 is 2.83 bits per heavy atom. The van der Waals surface area contributed by atoms with Gasteiger partial charge in [0.25, 0.3) is 0 Å². The maximum absolute atomic E-state index is 13.5. The second kappa shape index (κ2) is 6.22. The zero-order valence-electron chi connectivity index (χ0n) is 12.2. The molecule has 2 N–H and O–H groups in total. The minimum absolute atomic E-state index is 0.301. The number of halogens is 1. The zero-order valence-corrected chi connectivity index (χ0v) is 12.2. The third kappa shape index (κ3) is 3.49. The Hall–Kier alpha value is -3.29. The summed E-state index contributed by atoms with van der Waals surface area (Å²) in [6.07, 6.45) is 4.66. The molecule has 23 heavy (non-hydrogen) atoms. The van der Waals surface area contributed by atoms with Crippen molar-refractivity contribution in [2.75, 3.05) is 10.6 Å². The van der Waals surface area contributed by atoms with Crippen molar-refractivity contribution in [2.45, 2.75) is 6.92 Å². The highest BCUT2D eigenvalue weighted by atomic mass is 19.1. The van der Waals surface area contributed by atoms with Gasteiger partial charge in [0.2, 0.25) is 0 Å². The monoisotopic (exact) mass is 312 g/mol. The van der Waals surface area contributed by atoms with E-state index in [1.54, 1.807) is 48.3 Å². The Kier molecular flexibility index (Phi) is 3.96. The lowest BCUT2D eigenvalue weighted by Gasteiger charge is -2.08. The Morgan fingerprint density at radius 1 is 1.22 bits per heavy atom. The average Bonchev–Trinajstić information content (AvgIpc) is 3.05. The third-order valence-corrected chi connectivity index (χ3v) is 3.06. The van der Waals surface area contributed by atoms with E-state index in [2.05, 4.69) is 25.7 Å². The molecule has 0 saturated heterocycles. The van der Waals surface area contributed by atoms with Crippen molar-refractivity contribution in [2.24, 2.45) is 0 Å². The number of carbonyl (C=O) groups excluding carboxylic acids is 1. The highest BCUT2D eigenvalue weighted by Gasteiger charge is 2.07. The van der Waals surface area contributed by atoms with Crippen molar-refractivity contribution < 1.29 is 9.18 Å². The van der Waals surface area contributed by atoms with Crippen molar-refractivity contribution in [3.8, 4) is 5.82 Å². The number of nitrogens with zero attached hydrogens (tertiary/aromatic N) is 4. The summed E-state index contributed by atoms with van der Waals surface area (Å²) in [4.78, 5) is 20.0. The minimum atomic E-state index is -0.529. The van der Waals surface area contributed by atoms with Crippen molar-refractivity contribution in [1.29, 1.82) is 0 Å². The molecule has 0 saturated carbocycles. The first kappa shape index (κ1) is 14.6. The Balaban J connectivity index is 1.70. The maximum atomic E-state index is 13.5. The van der Waals surface area contributed by atoms with E-state index in [9.17, 15) is 9.18 Å². The highest BCUT2D eigenvalue weighted by Crippen LogP contribution is 2.14. The molecule has 0 radical (unpaired) electrons. The van der Waals surface area contributed by atoms with Crippen LogP contribution in [0.5, 0.6) is 0 Å². The van der Waals surface area contributed by atoms with Crippen LogP contribution in [0, 0.1) is 12.7 Å². The molecular formula is C15H13FN6O. The predicted octanol–water partition coefficient (Wildman–Crippen LogP) is 2.75. The fraction of sp³-hybridized carbons (Fsp3) is 0.0667. The Labute approximate surface area is 131 Å². The molecule has 116 valence electrons. The first-order valence-electron chi connectivity index (χ1n) is 6.78. The molecule has 3 rings (SSSR count). The van der Waals surface area contributed by atoms with Gasteiger partial charge in [0.05, 0.1) is 0 Å². The number of anilines is 2. The zero-order chi connectivity index (χ0) is 16.2. The molecule has 1 aromatic carbocycles.